The van der Waals surface area contributed by atoms with E-state index in [1.54, 1.807) is 19.4 Å². The van der Waals surface area contributed by atoms with Crippen LogP contribution >= 0.6 is 0 Å². The van der Waals surface area contributed by atoms with Gasteiger partial charge in [-0.1, -0.05) is 12.1 Å². The molecule has 2 heterocycles. The fourth-order valence-electron chi connectivity index (χ4n) is 3.48. The van der Waals surface area contributed by atoms with Crippen LogP contribution in [-0.2, 0) is 17.8 Å². The molecule has 3 rings (SSSR count). The van der Waals surface area contributed by atoms with E-state index >= 15 is 0 Å². The lowest BCUT2D eigenvalue weighted by atomic mass is 10.1. The van der Waals surface area contributed by atoms with Gasteiger partial charge in [0.2, 0.25) is 0 Å². The maximum atomic E-state index is 12.4. The van der Waals surface area contributed by atoms with Gasteiger partial charge in [-0.3, -0.25) is 4.79 Å². The number of carbonyl (C=O) groups is 1. The second-order valence-corrected chi connectivity index (χ2v) is 7.19. The van der Waals surface area contributed by atoms with Gasteiger partial charge in [-0.2, -0.15) is 0 Å². The summed E-state index contributed by atoms with van der Waals surface area (Å²) in [6.45, 7) is 6.50. The topological polar surface area (TPSA) is 79.1 Å². The van der Waals surface area contributed by atoms with Crippen LogP contribution in [0.15, 0.2) is 52.1 Å². The fourth-order valence-corrected chi connectivity index (χ4v) is 3.48. The number of furan rings is 1. The van der Waals surface area contributed by atoms with Crippen LogP contribution < -0.4 is 10.6 Å². The number of hydrogen-bond acceptors (Lipinski definition) is 4. The van der Waals surface area contributed by atoms with Gasteiger partial charge in [-0.15, -0.1) is 0 Å². The number of guanidine groups is 1. The predicted octanol–water partition coefficient (Wildman–Crippen LogP) is 2.64. The van der Waals surface area contributed by atoms with Gasteiger partial charge in [-0.25, -0.2) is 4.99 Å². The van der Waals surface area contributed by atoms with Crippen molar-refractivity contribution in [3.63, 3.8) is 0 Å². The van der Waals surface area contributed by atoms with Crippen LogP contribution in [0.4, 0.5) is 0 Å². The predicted molar refractivity (Wildman–Crippen MR) is 113 cm³/mol. The molecule has 29 heavy (non-hydrogen) atoms. The van der Waals surface area contributed by atoms with Crippen LogP contribution in [0.5, 0.6) is 0 Å². The third kappa shape index (κ3) is 6.09. The zero-order valence-corrected chi connectivity index (χ0v) is 17.2. The van der Waals surface area contributed by atoms with E-state index in [2.05, 4.69) is 22.5 Å². The summed E-state index contributed by atoms with van der Waals surface area (Å²) >= 11 is 0. The van der Waals surface area contributed by atoms with E-state index in [4.69, 9.17) is 14.1 Å². The molecular formula is C22H30N4O3. The van der Waals surface area contributed by atoms with Crippen LogP contribution in [0.2, 0.25) is 0 Å². The molecule has 1 saturated heterocycles. The highest BCUT2D eigenvalue weighted by atomic mass is 16.5. The van der Waals surface area contributed by atoms with Gasteiger partial charge in [0.25, 0.3) is 5.91 Å². The van der Waals surface area contributed by atoms with Crippen molar-refractivity contribution in [3.8, 4) is 0 Å². The van der Waals surface area contributed by atoms with Gasteiger partial charge in [0.15, 0.2) is 5.96 Å². The van der Waals surface area contributed by atoms with Gasteiger partial charge in [0.05, 0.1) is 26.0 Å². The molecule has 0 bridgehead atoms. The molecule has 2 aromatic rings. The third-order valence-electron chi connectivity index (χ3n) is 4.93. The standard InChI is InChI=1S/C22H30N4O3/c1-3-23-22(26-10-9-18(15-26)16-28-2)25-13-17-6-4-7-19(12-17)21(27)24-14-20-8-5-11-29-20/h4-8,11-12,18H,3,9-10,13-16H2,1-2H3,(H,23,25)(H,24,27). The minimum absolute atomic E-state index is 0.124. The molecule has 0 aliphatic carbocycles. The van der Waals surface area contributed by atoms with E-state index < -0.39 is 0 Å². The quantitative estimate of drug-likeness (QED) is 0.528. The highest BCUT2D eigenvalue weighted by molar-refractivity contribution is 5.94. The van der Waals surface area contributed by atoms with Gasteiger partial charge >= 0.3 is 0 Å². The number of nitrogens with one attached hydrogen (secondary N) is 2. The molecule has 1 fully saturated rings. The molecule has 7 heteroatoms. The Labute approximate surface area is 172 Å². The van der Waals surface area contributed by atoms with Crippen molar-refractivity contribution < 1.29 is 13.9 Å². The van der Waals surface area contributed by atoms with Crippen LogP contribution in [-0.4, -0.2) is 50.1 Å². The summed E-state index contributed by atoms with van der Waals surface area (Å²) in [5.41, 5.74) is 1.62. The molecule has 0 spiro atoms. The average molecular weight is 399 g/mol. The number of amides is 1. The van der Waals surface area contributed by atoms with Gasteiger partial charge in [0, 0.05) is 38.2 Å². The second kappa shape index (κ2) is 10.7. The lowest BCUT2D eigenvalue weighted by molar-refractivity contribution is 0.0948. The number of hydrogen-bond donors (Lipinski definition) is 2. The maximum Gasteiger partial charge on any atom is 0.251 e. The van der Waals surface area contributed by atoms with Crippen molar-refractivity contribution >= 4 is 11.9 Å². The van der Waals surface area contributed by atoms with Gasteiger partial charge in [-0.05, 0) is 43.2 Å². The Morgan fingerprint density at radius 3 is 2.97 bits per heavy atom. The van der Waals surface area contributed by atoms with Crippen molar-refractivity contribution in [2.45, 2.75) is 26.4 Å². The molecule has 1 aromatic heterocycles. The fraction of sp³-hybridized carbons (Fsp3) is 0.455. The first-order valence-corrected chi connectivity index (χ1v) is 10.1. The van der Waals surface area contributed by atoms with Crippen molar-refractivity contribution in [2.75, 3.05) is 33.4 Å². The van der Waals surface area contributed by atoms with Crippen molar-refractivity contribution in [3.05, 3.63) is 59.5 Å². The number of ether oxygens (including phenoxy) is 1. The SMILES string of the molecule is CCNC(=NCc1cccc(C(=O)NCc2ccco2)c1)N1CCC(COC)C1. The van der Waals surface area contributed by atoms with E-state index in [9.17, 15) is 4.79 Å². The summed E-state index contributed by atoms with van der Waals surface area (Å²) in [5, 5.41) is 6.25. The molecule has 1 aromatic carbocycles. The molecule has 156 valence electrons. The molecule has 1 aliphatic rings. The van der Waals surface area contributed by atoms with Crippen LogP contribution in [0.1, 0.15) is 35.0 Å². The van der Waals surface area contributed by atoms with Crippen molar-refractivity contribution in [1.29, 1.82) is 0 Å². The van der Waals surface area contributed by atoms with Crippen LogP contribution in [0, 0.1) is 5.92 Å². The molecule has 1 aliphatic heterocycles. The highest BCUT2D eigenvalue weighted by Crippen LogP contribution is 2.17. The number of carbonyl (C=O) groups excluding carboxylic acids is 1. The summed E-state index contributed by atoms with van der Waals surface area (Å²) in [7, 11) is 1.75. The summed E-state index contributed by atoms with van der Waals surface area (Å²) in [4.78, 5) is 19.5. The van der Waals surface area contributed by atoms with E-state index in [0.717, 1.165) is 49.9 Å². The lowest BCUT2D eigenvalue weighted by Crippen LogP contribution is -2.40. The molecule has 7 nitrogen and oxygen atoms in total. The van der Waals surface area contributed by atoms with Crippen LogP contribution in [0.3, 0.4) is 0 Å². The van der Waals surface area contributed by atoms with E-state index in [0.29, 0.717) is 24.6 Å². The molecular weight excluding hydrogens is 368 g/mol. The summed E-state index contributed by atoms with van der Waals surface area (Å²) in [5.74, 6) is 2.07. The first-order valence-electron chi connectivity index (χ1n) is 10.1. The largest absolute Gasteiger partial charge is 0.467 e. The number of benzene rings is 1. The first-order chi connectivity index (χ1) is 14.2. The Balaban J connectivity index is 1.60. The first kappa shape index (κ1) is 20.9. The Morgan fingerprint density at radius 2 is 2.21 bits per heavy atom. The highest BCUT2D eigenvalue weighted by Gasteiger charge is 2.24. The zero-order valence-electron chi connectivity index (χ0n) is 17.2. The Hall–Kier alpha value is -2.80. The minimum atomic E-state index is -0.124. The number of likely N-dealkylation sites (tertiary alicyclic amines) is 1. The maximum absolute atomic E-state index is 12.4. The third-order valence-corrected chi connectivity index (χ3v) is 4.93. The molecule has 2 N–H and O–H groups in total. The zero-order chi connectivity index (χ0) is 20.5. The smallest absolute Gasteiger partial charge is 0.251 e. The minimum Gasteiger partial charge on any atom is -0.467 e. The Bertz CT molecular complexity index is 804. The molecule has 1 atom stereocenters. The summed E-state index contributed by atoms with van der Waals surface area (Å²) < 4.78 is 10.5. The summed E-state index contributed by atoms with van der Waals surface area (Å²) in [6, 6.07) is 11.2. The molecule has 1 amide bonds. The number of nitrogens with zero attached hydrogens (tertiary/aromatic N) is 2. The normalized spacial score (nSPS) is 16.8. The average Bonchev–Trinajstić information content (AvgIpc) is 3.42. The van der Waals surface area contributed by atoms with E-state index in [1.807, 2.05) is 30.3 Å². The number of rotatable bonds is 8. The second-order valence-electron chi connectivity index (χ2n) is 7.19. The van der Waals surface area contributed by atoms with Gasteiger partial charge < -0.3 is 24.7 Å². The van der Waals surface area contributed by atoms with Crippen molar-refractivity contribution in [2.24, 2.45) is 10.9 Å². The number of aliphatic imine (C=N–C) groups is 1. The molecule has 0 radical (unpaired) electrons. The molecule has 1 unspecified atom stereocenters. The monoisotopic (exact) mass is 398 g/mol. The van der Waals surface area contributed by atoms with E-state index in [1.165, 1.54) is 0 Å². The van der Waals surface area contributed by atoms with Crippen LogP contribution in [0.25, 0.3) is 0 Å². The van der Waals surface area contributed by atoms with E-state index in [-0.39, 0.29) is 5.91 Å². The summed E-state index contributed by atoms with van der Waals surface area (Å²) in [6.07, 6.45) is 2.71. The Morgan fingerprint density at radius 1 is 1.31 bits per heavy atom. The van der Waals surface area contributed by atoms with Crippen molar-refractivity contribution in [1.82, 2.24) is 15.5 Å². The molecule has 0 saturated carbocycles. The lowest BCUT2D eigenvalue weighted by Gasteiger charge is -2.21. The Kier molecular flexibility index (Phi) is 7.69. The number of methoxy groups -OCH3 is 1. The van der Waals surface area contributed by atoms with Gasteiger partial charge in [0.1, 0.15) is 5.76 Å².